The summed E-state index contributed by atoms with van der Waals surface area (Å²) >= 11 is 0. The van der Waals surface area contributed by atoms with E-state index >= 15 is 0 Å². The smallest absolute Gasteiger partial charge is 0.250 e. The molecular weight excluding hydrogens is 350 g/mol. The summed E-state index contributed by atoms with van der Waals surface area (Å²) in [6, 6.07) is 19.5. The number of amides is 1. The summed E-state index contributed by atoms with van der Waals surface area (Å²) in [6.45, 7) is 4.62. The van der Waals surface area contributed by atoms with E-state index in [1.54, 1.807) is 12.1 Å². The molecule has 1 aromatic heterocycles. The van der Waals surface area contributed by atoms with Gasteiger partial charge in [-0.3, -0.25) is 4.79 Å². The normalized spacial score (nSPS) is 10.9. The Kier molecular flexibility index (Phi) is 4.57. The lowest BCUT2D eigenvalue weighted by molar-refractivity contribution is 0.100. The second kappa shape index (κ2) is 7.19. The van der Waals surface area contributed by atoms with Crippen LogP contribution in [0.5, 0.6) is 5.75 Å². The van der Waals surface area contributed by atoms with Gasteiger partial charge in [-0.05, 0) is 54.8 Å². The molecule has 4 aromatic rings. The number of aromatic nitrogens is 2. The van der Waals surface area contributed by atoms with Crippen LogP contribution >= 0.6 is 0 Å². The number of benzene rings is 3. The van der Waals surface area contributed by atoms with Crippen molar-refractivity contribution in [1.29, 1.82) is 0 Å². The fourth-order valence-electron chi connectivity index (χ4n) is 3.31. The van der Waals surface area contributed by atoms with Gasteiger partial charge in [0.05, 0.1) is 11.1 Å². The Morgan fingerprint density at radius 2 is 1.75 bits per heavy atom. The third kappa shape index (κ3) is 3.60. The molecule has 0 aliphatic heterocycles. The van der Waals surface area contributed by atoms with E-state index in [0.29, 0.717) is 23.5 Å². The molecule has 140 valence electrons. The van der Waals surface area contributed by atoms with Crippen molar-refractivity contribution in [2.45, 2.75) is 20.5 Å². The van der Waals surface area contributed by atoms with E-state index in [2.05, 4.69) is 29.9 Å². The molecule has 1 heterocycles. The lowest BCUT2D eigenvalue weighted by atomic mass is 10.1. The van der Waals surface area contributed by atoms with E-state index in [1.165, 1.54) is 11.1 Å². The topological polar surface area (TPSA) is 81.0 Å². The Balaban J connectivity index is 1.54. The van der Waals surface area contributed by atoms with Gasteiger partial charge in [-0.1, -0.05) is 36.4 Å². The molecule has 0 aliphatic rings. The standard InChI is InChI=1S/C23H21N3O2/c1-14-10-15(2)12-18(11-14)28-13-16-6-8-17(9-7-16)23-25-20-5-3-4-19(22(24)27)21(20)26-23/h3-12H,13H2,1-2H3,(H2,24,27)(H,25,26). The number of fused-ring (bicyclic) bond motifs is 1. The maximum absolute atomic E-state index is 11.6. The summed E-state index contributed by atoms with van der Waals surface area (Å²) in [5.74, 6) is 1.09. The highest BCUT2D eigenvalue weighted by molar-refractivity contribution is 6.04. The van der Waals surface area contributed by atoms with Crippen molar-refractivity contribution < 1.29 is 9.53 Å². The highest BCUT2D eigenvalue weighted by Gasteiger charge is 2.12. The Bertz CT molecular complexity index is 1140. The predicted molar refractivity (Wildman–Crippen MR) is 110 cm³/mol. The number of nitrogens with two attached hydrogens (primary N) is 1. The van der Waals surface area contributed by atoms with E-state index in [-0.39, 0.29) is 0 Å². The molecule has 0 radical (unpaired) electrons. The van der Waals surface area contributed by atoms with Gasteiger partial charge in [-0.2, -0.15) is 0 Å². The summed E-state index contributed by atoms with van der Waals surface area (Å²) in [5.41, 5.74) is 11.6. The van der Waals surface area contributed by atoms with Gasteiger partial charge in [-0.25, -0.2) is 4.98 Å². The molecule has 3 aromatic carbocycles. The molecule has 28 heavy (non-hydrogen) atoms. The van der Waals surface area contributed by atoms with E-state index in [0.717, 1.165) is 22.4 Å². The van der Waals surface area contributed by atoms with Crippen molar-refractivity contribution in [2.75, 3.05) is 0 Å². The predicted octanol–water partition coefficient (Wildman–Crippen LogP) is 4.52. The molecule has 3 N–H and O–H groups in total. The highest BCUT2D eigenvalue weighted by atomic mass is 16.5. The minimum atomic E-state index is -0.484. The number of carbonyl (C=O) groups is 1. The van der Waals surface area contributed by atoms with Crippen LogP contribution in [-0.4, -0.2) is 15.9 Å². The Morgan fingerprint density at radius 3 is 2.43 bits per heavy atom. The summed E-state index contributed by atoms with van der Waals surface area (Å²) in [7, 11) is 0. The quantitative estimate of drug-likeness (QED) is 0.541. The van der Waals surface area contributed by atoms with Gasteiger partial charge in [0.1, 0.15) is 23.7 Å². The van der Waals surface area contributed by atoms with Crippen molar-refractivity contribution >= 4 is 16.9 Å². The molecule has 0 bridgehead atoms. The SMILES string of the molecule is Cc1cc(C)cc(OCc2ccc(-c3nc4c(C(N)=O)cccc4[nH]3)cc2)c1. The Hall–Kier alpha value is -3.60. The Labute approximate surface area is 163 Å². The van der Waals surface area contributed by atoms with Crippen LogP contribution in [-0.2, 0) is 6.61 Å². The zero-order valence-electron chi connectivity index (χ0n) is 15.8. The van der Waals surface area contributed by atoms with Crippen molar-refractivity contribution in [3.8, 4) is 17.1 Å². The van der Waals surface area contributed by atoms with Crippen LogP contribution in [0.15, 0.2) is 60.7 Å². The van der Waals surface area contributed by atoms with E-state index < -0.39 is 5.91 Å². The minimum absolute atomic E-state index is 0.415. The molecule has 0 fully saturated rings. The maximum Gasteiger partial charge on any atom is 0.250 e. The third-order valence-corrected chi connectivity index (χ3v) is 4.61. The van der Waals surface area contributed by atoms with Crippen molar-refractivity contribution in [3.63, 3.8) is 0 Å². The van der Waals surface area contributed by atoms with Crippen LogP contribution in [0.25, 0.3) is 22.4 Å². The van der Waals surface area contributed by atoms with Crippen LogP contribution < -0.4 is 10.5 Å². The lowest BCUT2D eigenvalue weighted by Crippen LogP contribution is -2.11. The van der Waals surface area contributed by atoms with Crippen molar-refractivity contribution in [2.24, 2.45) is 5.73 Å². The van der Waals surface area contributed by atoms with Gasteiger partial charge >= 0.3 is 0 Å². The first-order valence-electron chi connectivity index (χ1n) is 9.08. The van der Waals surface area contributed by atoms with Gasteiger partial charge < -0.3 is 15.5 Å². The number of carbonyl (C=O) groups excluding carboxylic acids is 1. The second-order valence-electron chi connectivity index (χ2n) is 6.96. The fraction of sp³-hybridized carbons (Fsp3) is 0.130. The summed E-state index contributed by atoms with van der Waals surface area (Å²) < 4.78 is 5.91. The van der Waals surface area contributed by atoms with Gasteiger partial charge in [0.15, 0.2) is 0 Å². The second-order valence-corrected chi connectivity index (χ2v) is 6.96. The first kappa shape index (κ1) is 17.8. The summed E-state index contributed by atoms with van der Waals surface area (Å²) in [4.78, 5) is 19.4. The lowest BCUT2D eigenvalue weighted by Gasteiger charge is -2.09. The number of nitrogens with one attached hydrogen (secondary N) is 1. The van der Waals surface area contributed by atoms with Crippen LogP contribution in [0.2, 0.25) is 0 Å². The van der Waals surface area contributed by atoms with Crippen LogP contribution in [0.1, 0.15) is 27.0 Å². The number of rotatable bonds is 5. The summed E-state index contributed by atoms with van der Waals surface area (Å²) in [6.07, 6.45) is 0. The molecule has 0 aliphatic carbocycles. The molecule has 0 spiro atoms. The zero-order valence-corrected chi connectivity index (χ0v) is 15.8. The monoisotopic (exact) mass is 371 g/mol. The van der Waals surface area contributed by atoms with Gasteiger partial charge in [0.25, 0.3) is 5.91 Å². The van der Waals surface area contributed by atoms with Gasteiger partial charge in [0, 0.05) is 5.56 Å². The summed E-state index contributed by atoms with van der Waals surface area (Å²) in [5, 5.41) is 0. The van der Waals surface area contributed by atoms with E-state index in [4.69, 9.17) is 10.5 Å². The number of hydrogen-bond acceptors (Lipinski definition) is 3. The van der Waals surface area contributed by atoms with Crippen molar-refractivity contribution in [3.05, 3.63) is 82.9 Å². The van der Waals surface area contributed by atoms with Gasteiger partial charge in [0.2, 0.25) is 0 Å². The van der Waals surface area contributed by atoms with E-state index in [9.17, 15) is 4.79 Å². The molecule has 0 unspecified atom stereocenters. The minimum Gasteiger partial charge on any atom is -0.489 e. The first-order chi connectivity index (χ1) is 13.5. The number of aryl methyl sites for hydroxylation is 2. The molecule has 5 nitrogen and oxygen atoms in total. The number of primary amides is 1. The molecule has 4 rings (SSSR count). The van der Waals surface area contributed by atoms with Gasteiger partial charge in [-0.15, -0.1) is 0 Å². The number of ether oxygens (including phenoxy) is 1. The zero-order chi connectivity index (χ0) is 19.7. The Morgan fingerprint density at radius 1 is 1.04 bits per heavy atom. The fourth-order valence-corrected chi connectivity index (χ4v) is 3.31. The molecule has 5 heteroatoms. The first-order valence-corrected chi connectivity index (χ1v) is 9.08. The molecular formula is C23H21N3O2. The maximum atomic E-state index is 11.6. The largest absolute Gasteiger partial charge is 0.489 e. The van der Waals surface area contributed by atoms with Crippen LogP contribution in [0.3, 0.4) is 0 Å². The third-order valence-electron chi connectivity index (χ3n) is 4.61. The molecule has 1 amide bonds. The number of aromatic amines is 1. The molecule has 0 saturated carbocycles. The number of para-hydroxylation sites is 1. The number of hydrogen-bond donors (Lipinski definition) is 2. The number of H-pyrrole nitrogens is 1. The van der Waals surface area contributed by atoms with Crippen LogP contribution in [0, 0.1) is 13.8 Å². The number of nitrogens with zero attached hydrogens (tertiary/aromatic N) is 1. The van der Waals surface area contributed by atoms with E-state index in [1.807, 2.05) is 42.5 Å². The average Bonchev–Trinajstić information content (AvgIpc) is 3.10. The van der Waals surface area contributed by atoms with Crippen molar-refractivity contribution in [1.82, 2.24) is 9.97 Å². The van der Waals surface area contributed by atoms with Crippen LogP contribution in [0.4, 0.5) is 0 Å². The average molecular weight is 371 g/mol. The molecule has 0 saturated heterocycles. The molecule has 0 atom stereocenters. The number of imidazole rings is 1. The highest BCUT2D eigenvalue weighted by Crippen LogP contribution is 2.24.